The first-order valence-corrected chi connectivity index (χ1v) is 10.0. The number of aromatic carboxylic acids is 1. The second kappa shape index (κ2) is 7.95. The van der Waals surface area contributed by atoms with Crippen molar-refractivity contribution in [2.45, 2.75) is 13.2 Å². The van der Waals surface area contributed by atoms with E-state index in [-0.39, 0.29) is 0 Å². The summed E-state index contributed by atoms with van der Waals surface area (Å²) in [7, 11) is 0. The number of para-hydroxylation sites is 1. The number of ether oxygens (including phenoxy) is 1. The Bertz CT molecular complexity index is 1390. The molecular formula is C26H20N2O3. The number of carboxylic acid groups (broad SMARTS) is 1. The van der Waals surface area contributed by atoms with Crippen LogP contribution < -0.4 is 4.74 Å². The summed E-state index contributed by atoms with van der Waals surface area (Å²) >= 11 is 0. The number of nitrogens with zero attached hydrogens (tertiary/aromatic N) is 2. The van der Waals surface area contributed by atoms with E-state index >= 15 is 0 Å². The Hall–Kier alpha value is -4.12. The van der Waals surface area contributed by atoms with Gasteiger partial charge in [-0.05, 0) is 54.1 Å². The van der Waals surface area contributed by atoms with Crippen LogP contribution >= 0.6 is 0 Å². The zero-order valence-corrected chi connectivity index (χ0v) is 16.7. The van der Waals surface area contributed by atoms with Gasteiger partial charge in [0.1, 0.15) is 12.4 Å². The summed E-state index contributed by atoms with van der Waals surface area (Å²) in [6.45, 7) is 1.11. The summed E-state index contributed by atoms with van der Waals surface area (Å²) < 4.78 is 8.02. The molecule has 0 aliphatic heterocycles. The summed E-state index contributed by atoms with van der Waals surface area (Å²) in [5.74, 6) is -0.119. The molecule has 0 aliphatic carbocycles. The molecule has 2 heterocycles. The molecule has 5 rings (SSSR count). The predicted octanol–water partition coefficient (Wildman–Crippen LogP) is 5.52. The van der Waals surface area contributed by atoms with Crippen LogP contribution in [-0.4, -0.2) is 20.6 Å². The van der Waals surface area contributed by atoms with Crippen LogP contribution in [0.5, 0.6) is 5.75 Å². The summed E-state index contributed by atoms with van der Waals surface area (Å²) in [6.07, 6.45) is 1.98. The monoisotopic (exact) mass is 408 g/mol. The van der Waals surface area contributed by atoms with E-state index in [9.17, 15) is 4.79 Å². The lowest BCUT2D eigenvalue weighted by atomic mass is 10.1. The van der Waals surface area contributed by atoms with Gasteiger partial charge >= 0.3 is 5.97 Å². The van der Waals surface area contributed by atoms with E-state index in [0.717, 1.165) is 38.8 Å². The molecule has 5 aromatic rings. The highest BCUT2D eigenvalue weighted by Crippen LogP contribution is 2.21. The van der Waals surface area contributed by atoms with Gasteiger partial charge in [-0.15, -0.1) is 0 Å². The molecular weight excluding hydrogens is 388 g/mol. The van der Waals surface area contributed by atoms with E-state index in [4.69, 9.17) is 9.84 Å². The molecule has 1 N–H and O–H groups in total. The number of aromatic nitrogens is 2. The van der Waals surface area contributed by atoms with Crippen molar-refractivity contribution in [1.82, 2.24) is 9.55 Å². The van der Waals surface area contributed by atoms with Gasteiger partial charge in [-0.3, -0.25) is 0 Å². The van der Waals surface area contributed by atoms with Crippen LogP contribution in [-0.2, 0) is 13.2 Å². The van der Waals surface area contributed by atoms with Gasteiger partial charge in [-0.2, -0.15) is 0 Å². The van der Waals surface area contributed by atoms with Gasteiger partial charge in [0.15, 0.2) is 0 Å². The van der Waals surface area contributed by atoms with Gasteiger partial charge in [-0.1, -0.05) is 36.4 Å². The molecule has 0 saturated carbocycles. The lowest BCUT2D eigenvalue weighted by Crippen LogP contribution is -2.00. The Kier molecular flexibility index (Phi) is 4.84. The normalized spacial score (nSPS) is 11.1. The summed E-state index contributed by atoms with van der Waals surface area (Å²) in [6, 6.07) is 27.2. The first kappa shape index (κ1) is 18.9. The average Bonchev–Trinajstić information content (AvgIpc) is 3.20. The summed E-state index contributed by atoms with van der Waals surface area (Å²) in [5.41, 5.74) is 4.30. The van der Waals surface area contributed by atoms with Gasteiger partial charge in [0.2, 0.25) is 0 Å². The molecule has 0 fully saturated rings. The predicted molar refractivity (Wildman–Crippen MR) is 121 cm³/mol. The van der Waals surface area contributed by atoms with Crippen LogP contribution in [0, 0.1) is 0 Å². The van der Waals surface area contributed by atoms with Crippen molar-refractivity contribution < 1.29 is 14.6 Å². The average molecular weight is 408 g/mol. The third kappa shape index (κ3) is 3.98. The van der Waals surface area contributed by atoms with E-state index in [1.165, 1.54) is 0 Å². The number of hydrogen-bond donors (Lipinski definition) is 1. The first-order valence-electron chi connectivity index (χ1n) is 10.0. The highest BCUT2D eigenvalue weighted by molar-refractivity contribution is 5.93. The van der Waals surface area contributed by atoms with E-state index in [0.29, 0.717) is 18.7 Å². The van der Waals surface area contributed by atoms with Crippen molar-refractivity contribution in [3.05, 3.63) is 108 Å². The SMILES string of the molecule is O=C(O)c1ccc2c(ccn2Cc2ccc(OCc3ccc4ccccc4n3)cc2)c1. The van der Waals surface area contributed by atoms with Crippen LogP contribution in [0.3, 0.4) is 0 Å². The zero-order chi connectivity index (χ0) is 21.2. The molecule has 0 amide bonds. The Labute approximate surface area is 179 Å². The molecule has 0 aliphatic rings. The van der Waals surface area contributed by atoms with Crippen LogP contribution in [0.25, 0.3) is 21.8 Å². The Morgan fingerprint density at radius 3 is 2.58 bits per heavy atom. The van der Waals surface area contributed by atoms with Gasteiger partial charge in [-0.25, -0.2) is 9.78 Å². The molecule has 0 bridgehead atoms. The highest BCUT2D eigenvalue weighted by Gasteiger charge is 2.07. The third-order valence-corrected chi connectivity index (χ3v) is 5.34. The fraction of sp³-hybridized carbons (Fsp3) is 0.0769. The minimum absolute atomic E-state index is 0.299. The topological polar surface area (TPSA) is 64.3 Å². The van der Waals surface area contributed by atoms with Gasteiger partial charge < -0.3 is 14.4 Å². The molecule has 152 valence electrons. The summed E-state index contributed by atoms with van der Waals surface area (Å²) in [5, 5.41) is 11.2. The van der Waals surface area contributed by atoms with Crippen molar-refractivity contribution >= 4 is 27.8 Å². The number of carboxylic acids is 1. The standard InChI is InChI=1S/C26H20N2O3/c29-26(30)21-8-12-25-20(15-21)13-14-28(25)16-18-5-10-23(11-6-18)31-17-22-9-7-19-3-1-2-4-24(19)27-22/h1-15H,16-17H2,(H,29,30). The van der Waals surface area contributed by atoms with E-state index in [1.807, 2.05) is 72.9 Å². The number of rotatable bonds is 6. The number of carbonyl (C=O) groups is 1. The third-order valence-electron chi connectivity index (χ3n) is 5.34. The molecule has 0 atom stereocenters. The van der Waals surface area contributed by atoms with Crippen molar-refractivity contribution in [3.63, 3.8) is 0 Å². The molecule has 0 unspecified atom stereocenters. The van der Waals surface area contributed by atoms with Gasteiger partial charge in [0.25, 0.3) is 0 Å². The maximum Gasteiger partial charge on any atom is 0.335 e. The number of pyridine rings is 1. The van der Waals surface area contributed by atoms with E-state index in [1.54, 1.807) is 12.1 Å². The lowest BCUT2D eigenvalue weighted by Gasteiger charge is -2.09. The second-order valence-corrected chi connectivity index (χ2v) is 7.45. The highest BCUT2D eigenvalue weighted by atomic mass is 16.5. The number of hydrogen-bond acceptors (Lipinski definition) is 3. The van der Waals surface area contributed by atoms with Crippen molar-refractivity contribution in [1.29, 1.82) is 0 Å². The zero-order valence-electron chi connectivity index (χ0n) is 16.7. The smallest absolute Gasteiger partial charge is 0.335 e. The van der Waals surface area contributed by atoms with Crippen molar-refractivity contribution in [2.24, 2.45) is 0 Å². The van der Waals surface area contributed by atoms with Crippen LogP contribution in [0.15, 0.2) is 91.1 Å². The molecule has 5 nitrogen and oxygen atoms in total. The van der Waals surface area contributed by atoms with E-state index < -0.39 is 5.97 Å². The van der Waals surface area contributed by atoms with Crippen molar-refractivity contribution in [2.75, 3.05) is 0 Å². The van der Waals surface area contributed by atoms with Crippen molar-refractivity contribution in [3.8, 4) is 5.75 Å². The molecule has 0 spiro atoms. The fourth-order valence-electron chi connectivity index (χ4n) is 3.70. The van der Waals surface area contributed by atoms with Gasteiger partial charge in [0, 0.05) is 29.0 Å². The van der Waals surface area contributed by atoms with Crippen LogP contribution in [0.2, 0.25) is 0 Å². The Morgan fingerprint density at radius 2 is 1.74 bits per heavy atom. The maximum absolute atomic E-state index is 11.2. The molecule has 0 saturated heterocycles. The minimum Gasteiger partial charge on any atom is -0.487 e. The molecule has 31 heavy (non-hydrogen) atoms. The first-order chi connectivity index (χ1) is 15.2. The summed E-state index contributed by atoms with van der Waals surface area (Å²) in [4.78, 5) is 15.8. The largest absolute Gasteiger partial charge is 0.487 e. The molecule has 0 radical (unpaired) electrons. The second-order valence-electron chi connectivity index (χ2n) is 7.45. The van der Waals surface area contributed by atoms with Crippen LogP contribution in [0.4, 0.5) is 0 Å². The Morgan fingerprint density at radius 1 is 0.903 bits per heavy atom. The lowest BCUT2D eigenvalue weighted by molar-refractivity contribution is 0.0697. The quantitative estimate of drug-likeness (QED) is 0.402. The van der Waals surface area contributed by atoms with Gasteiger partial charge in [0.05, 0.1) is 16.8 Å². The maximum atomic E-state index is 11.2. The molecule has 2 aromatic heterocycles. The minimum atomic E-state index is -0.913. The number of fused-ring (bicyclic) bond motifs is 2. The molecule has 5 heteroatoms. The fourth-order valence-corrected chi connectivity index (χ4v) is 3.70. The van der Waals surface area contributed by atoms with E-state index in [2.05, 4.69) is 15.6 Å². The number of benzene rings is 3. The Balaban J connectivity index is 1.26. The van der Waals surface area contributed by atoms with Crippen LogP contribution in [0.1, 0.15) is 21.6 Å². The molecule has 3 aromatic carbocycles.